The third kappa shape index (κ3) is 4.16. The van der Waals surface area contributed by atoms with E-state index >= 15 is 0 Å². The number of fused-ring (bicyclic) bond motifs is 1. The molecule has 0 saturated carbocycles. The summed E-state index contributed by atoms with van der Waals surface area (Å²) < 4.78 is 0. The molecule has 148 valence electrons. The predicted molar refractivity (Wildman–Crippen MR) is 116 cm³/mol. The van der Waals surface area contributed by atoms with Gasteiger partial charge >= 0.3 is 0 Å². The lowest BCUT2D eigenvalue weighted by molar-refractivity contribution is -0.126. The number of piperidine rings is 1. The second kappa shape index (κ2) is 8.48. The Morgan fingerprint density at radius 2 is 1.55 bits per heavy atom. The summed E-state index contributed by atoms with van der Waals surface area (Å²) in [5.41, 5.74) is 1.84. The van der Waals surface area contributed by atoms with Gasteiger partial charge < -0.3 is 10.2 Å². The Bertz CT molecular complexity index is 1000. The van der Waals surface area contributed by atoms with Gasteiger partial charge in [-0.05, 0) is 42.2 Å². The van der Waals surface area contributed by atoms with Crippen molar-refractivity contribution in [2.24, 2.45) is 5.92 Å². The van der Waals surface area contributed by atoms with Crippen molar-refractivity contribution in [1.82, 2.24) is 10.2 Å². The monoisotopic (exact) mass is 386 g/mol. The van der Waals surface area contributed by atoms with Crippen molar-refractivity contribution in [3.63, 3.8) is 0 Å². The van der Waals surface area contributed by atoms with Crippen LogP contribution in [0.1, 0.15) is 41.7 Å². The van der Waals surface area contributed by atoms with E-state index in [0.717, 1.165) is 21.9 Å². The van der Waals surface area contributed by atoms with Crippen molar-refractivity contribution in [1.29, 1.82) is 0 Å². The molecule has 1 N–H and O–H groups in total. The molecule has 1 aliphatic heterocycles. The number of benzene rings is 3. The van der Waals surface area contributed by atoms with Gasteiger partial charge in [0.2, 0.25) is 5.91 Å². The van der Waals surface area contributed by atoms with E-state index < -0.39 is 0 Å². The minimum atomic E-state index is -0.0438. The number of amides is 2. The molecular formula is C25H26N2O2. The van der Waals surface area contributed by atoms with E-state index in [4.69, 9.17) is 0 Å². The summed E-state index contributed by atoms with van der Waals surface area (Å²) >= 11 is 0. The highest BCUT2D eigenvalue weighted by molar-refractivity contribution is 6.07. The van der Waals surface area contributed by atoms with Crippen LogP contribution in [0, 0.1) is 5.92 Å². The Kier molecular flexibility index (Phi) is 5.61. The molecule has 1 fully saturated rings. The van der Waals surface area contributed by atoms with Gasteiger partial charge in [-0.15, -0.1) is 0 Å². The fourth-order valence-corrected chi connectivity index (χ4v) is 4.08. The van der Waals surface area contributed by atoms with Gasteiger partial charge in [0, 0.05) is 24.6 Å². The Morgan fingerprint density at radius 1 is 0.897 bits per heavy atom. The topological polar surface area (TPSA) is 49.4 Å². The van der Waals surface area contributed by atoms with Crippen LogP contribution in [0.5, 0.6) is 0 Å². The van der Waals surface area contributed by atoms with Crippen LogP contribution in [-0.4, -0.2) is 29.8 Å². The third-order valence-electron chi connectivity index (χ3n) is 5.83. The molecule has 0 bridgehead atoms. The highest BCUT2D eigenvalue weighted by Gasteiger charge is 2.29. The van der Waals surface area contributed by atoms with E-state index in [1.54, 1.807) is 0 Å². The van der Waals surface area contributed by atoms with Crippen molar-refractivity contribution >= 4 is 22.6 Å². The summed E-state index contributed by atoms with van der Waals surface area (Å²) in [6.45, 7) is 3.23. The van der Waals surface area contributed by atoms with Crippen molar-refractivity contribution in [2.75, 3.05) is 13.1 Å². The molecule has 1 saturated heterocycles. The molecule has 4 heteroatoms. The first-order valence-corrected chi connectivity index (χ1v) is 10.3. The fourth-order valence-electron chi connectivity index (χ4n) is 4.08. The quantitative estimate of drug-likeness (QED) is 0.714. The van der Waals surface area contributed by atoms with Crippen LogP contribution in [-0.2, 0) is 4.79 Å². The van der Waals surface area contributed by atoms with Crippen molar-refractivity contribution in [3.8, 4) is 0 Å². The number of hydrogen-bond acceptors (Lipinski definition) is 2. The summed E-state index contributed by atoms with van der Waals surface area (Å²) in [7, 11) is 0. The summed E-state index contributed by atoms with van der Waals surface area (Å²) in [6, 6.07) is 23.8. The van der Waals surface area contributed by atoms with Gasteiger partial charge in [-0.25, -0.2) is 0 Å². The van der Waals surface area contributed by atoms with Crippen LogP contribution in [0.15, 0.2) is 72.8 Å². The zero-order valence-electron chi connectivity index (χ0n) is 16.7. The van der Waals surface area contributed by atoms with Gasteiger partial charge in [0.1, 0.15) is 0 Å². The first-order valence-electron chi connectivity index (χ1n) is 10.3. The molecule has 2 amide bonds. The van der Waals surface area contributed by atoms with Crippen LogP contribution in [0.3, 0.4) is 0 Å². The Labute approximate surface area is 171 Å². The molecule has 0 aromatic heterocycles. The second-order valence-electron chi connectivity index (χ2n) is 7.73. The maximum absolute atomic E-state index is 13.1. The standard InChI is InChI=1S/C25H26N2O2/c1-18(19-8-3-2-4-9-19)26-24(28)21-14-16-27(17-15-21)25(29)23-13-7-11-20-10-5-6-12-22(20)23/h2-13,18,21H,14-17H2,1H3,(H,26,28). The minimum Gasteiger partial charge on any atom is -0.349 e. The van der Waals surface area contributed by atoms with E-state index in [-0.39, 0.29) is 23.8 Å². The lowest BCUT2D eigenvalue weighted by atomic mass is 9.94. The van der Waals surface area contributed by atoms with Crippen LogP contribution >= 0.6 is 0 Å². The predicted octanol–water partition coefficient (Wildman–Crippen LogP) is 4.57. The Morgan fingerprint density at radius 3 is 2.31 bits per heavy atom. The number of carbonyl (C=O) groups is 2. The van der Waals surface area contributed by atoms with Gasteiger partial charge in [-0.3, -0.25) is 9.59 Å². The number of nitrogens with one attached hydrogen (secondary N) is 1. The van der Waals surface area contributed by atoms with Crippen molar-refractivity contribution < 1.29 is 9.59 Å². The van der Waals surface area contributed by atoms with Gasteiger partial charge in [0.05, 0.1) is 6.04 Å². The zero-order valence-corrected chi connectivity index (χ0v) is 16.7. The molecule has 1 atom stereocenters. The van der Waals surface area contributed by atoms with Crippen molar-refractivity contribution in [2.45, 2.75) is 25.8 Å². The van der Waals surface area contributed by atoms with E-state index in [1.807, 2.05) is 84.6 Å². The lowest BCUT2D eigenvalue weighted by Crippen LogP contribution is -2.43. The molecule has 1 heterocycles. The Hall–Kier alpha value is -3.14. The minimum absolute atomic E-state index is 0.0148. The van der Waals surface area contributed by atoms with E-state index in [0.29, 0.717) is 25.9 Å². The third-order valence-corrected chi connectivity index (χ3v) is 5.83. The van der Waals surface area contributed by atoms with Gasteiger partial charge in [-0.2, -0.15) is 0 Å². The molecule has 3 aromatic carbocycles. The van der Waals surface area contributed by atoms with Gasteiger partial charge in [-0.1, -0.05) is 66.7 Å². The molecule has 0 spiro atoms. The Balaban J connectivity index is 1.37. The SMILES string of the molecule is CC(NC(=O)C1CCN(C(=O)c2cccc3ccccc23)CC1)c1ccccc1. The van der Waals surface area contributed by atoms with E-state index in [9.17, 15) is 9.59 Å². The average Bonchev–Trinajstić information content (AvgIpc) is 2.79. The van der Waals surface area contributed by atoms with Crippen molar-refractivity contribution in [3.05, 3.63) is 83.9 Å². The summed E-state index contributed by atoms with van der Waals surface area (Å²) in [6.07, 6.45) is 1.40. The molecule has 0 aliphatic carbocycles. The van der Waals surface area contributed by atoms with Gasteiger partial charge in [0.15, 0.2) is 0 Å². The molecule has 4 rings (SSSR count). The summed E-state index contributed by atoms with van der Waals surface area (Å²) in [4.78, 5) is 27.6. The molecule has 29 heavy (non-hydrogen) atoms. The van der Waals surface area contributed by atoms with Crippen LogP contribution in [0.4, 0.5) is 0 Å². The number of rotatable bonds is 4. The van der Waals surface area contributed by atoms with E-state index in [2.05, 4.69) is 5.32 Å². The molecule has 3 aromatic rings. The normalized spacial score (nSPS) is 15.8. The molecule has 4 nitrogen and oxygen atoms in total. The molecule has 1 aliphatic rings. The number of carbonyl (C=O) groups excluding carboxylic acids is 2. The largest absolute Gasteiger partial charge is 0.349 e. The summed E-state index contributed by atoms with van der Waals surface area (Å²) in [5, 5.41) is 5.18. The molecule has 0 radical (unpaired) electrons. The summed E-state index contributed by atoms with van der Waals surface area (Å²) in [5.74, 6) is 0.0923. The second-order valence-corrected chi connectivity index (χ2v) is 7.73. The highest BCUT2D eigenvalue weighted by atomic mass is 16.2. The lowest BCUT2D eigenvalue weighted by Gasteiger charge is -2.32. The molecule has 1 unspecified atom stereocenters. The smallest absolute Gasteiger partial charge is 0.254 e. The van der Waals surface area contributed by atoms with Crippen LogP contribution < -0.4 is 5.32 Å². The fraction of sp³-hybridized carbons (Fsp3) is 0.280. The van der Waals surface area contributed by atoms with Gasteiger partial charge in [0.25, 0.3) is 5.91 Å². The number of likely N-dealkylation sites (tertiary alicyclic amines) is 1. The highest BCUT2D eigenvalue weighted by Crippen LogP contribution is 2.24. The first kappa shape index (κ1) is 19.2. The first-order chi connectivity index (χ1) is 14.1. The number of nitrogens with zero attached hydrogens (tertiary/aromatic N) is 1. The molecular weight excluding hydrogens is 360 g/mol. The van der Waals surface area contributed by atoms with Crippen LogP contribution in [0.25, 0.3) is 10.8 Å². The number of hydrogen-bond donors (Lipinski definition) is 1. The maximum Gasteiger partial charge on any atom is 0.254 e. The zero-order chi connectivity index (χ0) is 20.2. The van der Waals surface area contributed by atoms with Crippen LogP contribution in [0.2, 0.25) is 0 Å². The average molecular weight is 386 g/mol. The van der Waals surface area contributed by atoms with E-state index in [1.165, 1.54) is 0 Å². The maximum atomic E-state index is 13.1.